The van der Waals surface area contributed by atoms with E-state index in [2.05, 4.69) is 12.6 Å². The first-order valence-electron chi connectivity index (χ1n) is 9.06. The highest BCUT2D eigenvalue weighted by Crippen LogP contribution is 2.65. The number of benzene rings is 3. The van der Waals surface area contributed by atoms with Gasteiger partial charge in [-0.1, -0.05) is 66.7 Å². The van der Waals surface area contributed by atoms with E-state index in [1.54, 1.807) is 7.11 Å². The molecule has 0 heterocycles. The van der Waals surface area contributed by atoms with E-state index >= 15 is 0 Å². The van der Waals surface area contributed by atoms with Crippen LogP contribution in [0.5, 0.6) is 5.75 Å². The van der Waals surface area contributed by atoms with Crippen LogP contribution in [0.3, 0.4) is 0 Å². The lowest BCUT2D eigenvalue weighted by Gasteiger charge is -2.19. The minimum atomic E-state index is -3.53. The second kappa shape index (κ2) is 10.9. The highest BCUT2D eigenvalue weighted by Gasteiger charge is 2.29. The molecule has 0 saturated carbocycles. The normalized spacial score (nSPS) is 11.4. The summed E-state index contributed by atoms with van der Waals surface area (Å²) in [5, 5.41) is 0. The zero-order chi connectivity index (χ0) is 20.5. The van der Waals surface area contributed by atoms with E-state index in [1.165, 1.54) is 0 Å². The lowest BCUT2D eigenvalue weighted by atomic mass is 10.2. The molecule has 0 aromatic heterocycles. The molecular weight excluding hydrogens is 423 g/mol. The molecule has 0 saturated heterocycles. The van der Waals surface area contributed by atoms with E-state index in [1.807, 2.05) is 78.9 Å². The van der Waals surface area contributed by atoms with Crippen molar-refractivity contribution in [2.75, 3.05) is 7.11 Å². The van der Waals surface area contributed by atoms with Crippen LogP contribution in [-0.2, 0) is 32.6 Å². The minimum absolute atomic E-state index is 0.189. The predicted octanol–water partition coefficient (Wildman–Crippen LogP) is 6.76. The van der Waals surface area contributed by atoms with Crippen LogP contribution in [0, 0.1) is 0 Å². The summed E-state index contributed by atoms with van der Waals surface area (Å²) in [7, 11) is 1.58. The zero-order valence-electron chi connectivity index (χ0n) is 16.1. The van der Waals surface area contributed by atoms with Crippen LogP contribution in [0.4, 0.5) is 0 Å². The molecule has 3 aromatic carbocycles. The Morgan fingerprint density at radius 3 is 1.86 bits per heavy atom. The van der Waals surface area contributed by atoms with Crippen molar-refractivity contribution < 1.29 is 18.3 Å². The Hall–Kier alpha value is -1.69. The number of hydrogen-bond donors (Lipinski definition) is 1. The van der Waals surface area contributed by atoms with Crippen LogP contribution in [0.2, 0.25) is 0 Å². The average molecular weight is 447 g/mol. The van der Waals surface area contributed by atoms with Crippen molar-refractivity contribution >= 4 is 30.8 Å². The van der Waals surface area contributed by atoms with E-state index in [9.17, 15) is 4.57 Å². The molecule has 0 amide bonds. The Balaban J connectivity index is 1.82. The topological polar surface area (TPSA) is 44.8 Å². The van der Waals surface area contributed by atoms with Gasteiger partial charge in [0.05, 0.1) is 25.2 Å². The molecule has 0 bridgehead atoms. The summed E-state index contributed by atoms with van der Waals surface area (Å²) in [5.74, 6) is 1.19. The summed E-state index contributed by atoms with van der Waals surface area (Å²) in [4.78, 5) is 0.698. The second-order valence-corrected chi connectivity index (χ2v) is 10.4. The van der Waals surface area contributed by atoms with Crippen LogP contribution >= 0.6 is 30.8 Å². The van der Waals surface area contributed by atoms with Crippen LogP contribution in [0.1, 0.15) is 16.7 Å². The molecular formula is C22H23O4PS2. The third kappa shape index (κ3) is 6.66. The Kier molecular flexibility index (Phi) is 8.28. The molecule has 0 radical (unpaired) electrons. The molecule has 0 unspecified atom stereocenters. The summed E-state index contributed by atoms with van der Waals surface area (Å²) in [5.41, 5.74) is 2.84. The van der Waals surface area contributed by atoms with E-state index in [0.717, 1.165) is 28.1 Å². The van der Waals surface area contributed by atoms with Gasteiger partial charge in [0.1, 0.15) is 5.75 Å². The van der Waals surface area contributed by atoms with Gasteiger partial charge in [-0.25, -0.2) is 4.57 Å². The van der Waals surface area contributed by atoms with Crippen molar-refractivity contribution in [3.63, 3.8) is 0 Å². The largest absolute Gasteiger partial charge is 0.496 e. The Bertz CT molecular complexity index is 904. The van der Waals surface area contributed by atoms with Crippen LogP contribution in [0.25, 0.3) is 0 Å². The fourth-order valence-electron chi connectivity index (χ4n) is 2.56. The second-order valence-electron chi connectivity index (χ2n) is 6.20. The molecule has 7 heteroatoms. The summed E-state index contributed by atoms with van der Waals surface area (Å²) in [6.07, 6.45) is 0. The molecule has 152 valence electrons. The lowest BCUT2D eigenvalue weighted by molar-refractivity contribution is 0.206. The van der Waals surface area contributed by atoms with Crippen molar-refractivity contribution in [1.82, 2.24) is 0 Å². The number of rotatable bonds is 10. The standard InChI is InChI=1S/C22H23O4PS2/c1-24-21-13-12-20(17-28)14-22(21)29-27(23,25-15-18-8-4-2-5-9-18)26-16-19-10-6-3-7-11-19/h2-14,28H,15-17H2,1H3. The van der Waals surface area contributed by atoms with E-state index in [4.69, 9.17) is 13.8 Å². The Morgan fingerprint density at radius 1 is 0.828 bits per heavy atom. The molecule has 0 aliphatic heterocycles. The molecule has 0 N–H and O–H groups in total. The zero-order valence-corrected chi connectivity index (χ0v) is 18.7. The lowest BCUT2D eigenvalue weighted by Crippen LogP contribution is -1.97. The molecule has 0 spiro atoms. The Labute approximate surface area is 181 Å². The molecule has 0 aliphatic carbocycles. The maximum absolute atomic E-state index is 13.6. The van der Waals surface area contributed by atoms with Gasteiger partial charge in [0, 0.05) is 5.75 Å². The molecule has 29 heavy (non-hydrogen) atoms. The van der Waals surface area contributed by atoms with Gasteiger partial charge in [0.2, 0.25) is 0 Å². The molecule has 3 rings (SSSR count). The number of hydrogen-bond acceptors (Lipinski definition) is 6. The predicted molar refractivity (Wildman–Crippen MR) is 122 cm³/mol. The fourth-order valence-corrected chi connectivity index (χ4v) is 6.02. The third-order valence-electron chi connectivity index (χ3n) is 4.09. The van der Waals surface area contributed by atoms with Crippen LogP contribution < -0.4 is 4.74 Å². The van der Waals surface area contributed by atoms with E-state index in [0.29, 0.717) is 16.4 Å². The average Bonchev–Trinajstić information content (AvgIpc) is 2.78. The van der Waals surface area contributed by atoms with Crippen LogP contribution in [-0.4, -0.2) is 7.11 Å². The smallest absolute Gasteiger partial charge is 0.394 e. The first-order chi connectivity index (χ1) is 14.1. The molecule has 0 atom stereocenters. The van der Waals surface area contributed by atoms with E-state index in [-0.39, 0.29) is 13.2 Å². The minimum Gasteiger partial charge on any atom is -0.496 e. The monoisotopic (exact) mass is 446 g/mol. The maximum atomic E-state index is 13.6. The first kappa shape index (κ1) is 22.0. The van der Waals surface area contributed by atoms with Crippen molar-refractivity contribution in [2.24, 2.45) is 0 Å². The van der Waals surface area contributed by atoms with Gasteiger partial charge >= 0.3 is 6.80 Å². The fraction of sp³-hybridized carbons (Fsp3) is 0.182. The number of thiol groups is 1. The van der Waals surface area contributed by atoms with Gasteiger partial charge in [-0.3, -0.25) is 9.05 Å². The van der Waals surface area contributed by atoms with Gasteiger partial charge in [-0.2, -0.15) is 12.6 Å². The Morgan fingerprint density at radius 2 is 1.38 bits per heavy atom. The highest BCUT2D eigenvalue weighted by atomic mass is 32.7. The highest BCUT2D eigenvalue weighted by molar-refractivity contribution is 8.55. The third-order valence-corrected chi connectivity index (χ3v) is 7.97. The van der Waals surface area contributed by atoms with Crippen molar-refractivity contribution in [2.45, 2.75) is 23.9 Å². The molecule has 4 nitrogen and oxygen atoms in total. The van der Waals surface area contributed by atoms with Gasteiger partial charge in [-0.15, -0.1) is 0 Å². The van der Waals surface area contributed by atoms with Gasteiger partial charge < -0.3 is 4.74 Å². The number of methoxy groups -OCH3 is 1. The SMILES string of the molecule is COc1ccc(CS)cc1SP(=O)(OCc1ccccc1)OCc1ccccc1. The van der Waals surface area contributed by atoms with Gasteiger partial charge in [0.15, 0.2) is 0 Å². The van der Waals surface area contributed by atoms with E-state index < -0.39 is 6.80 Å². The maximum Gasteiger partial charge on any atom is 0.394 e. The molecule has 0 aliphatic rings. The van der Waals surface area contributed by atoms with Crippen molar-refractivity contribution in [3.8, 4) is 5.75 Å². The van der Waals surface area contributed by atoms with Crippen molar-refractivity contribution in [1.29, 1.82) is 0 Å². The summed E-state index contributed by atoms with van der Waals surface area (Å²) in [6, 6.07) is 24.9. The van der Waals surface area contributed by atoms with Gasteiger partial charge in [0.25, 0.3) is 0 Å². The van der Waals surface area contributed by atoms with Crippen molar-refractivity contribution in [3.05, 3.63) is 95.6 Å². The summed E-state index contributed by atoms with van der Waals surface area (Å²) < 4.78 is 30.8. The molecule has 0 fully saturated rings. The number of ether oxygens (including phenoxy) is 1. The van der Waals surface area contributed by atoms with Gasteiger partial charge in [-0.05, 0) is 40.2 Å². The summed E-state index contributed by atoms with van der Waals surface area (Å²) in [6.45, 7) is -3.15. The summed E-state index contributed by atoms with van der Waals surface area (Å²) >= 11 is 5.39. The molecule has 3 aromatic rings. The quantitative estimate of drug-likeness (QED) is 0.275. The van der Waals surface area contributed by atoms with Crippen LogP contribution in [0.15, 0.2) is 83.8 Å². The first-order valence-corrected chi connectivity index (χ1v) is 12.7.